The summed E-state index contributed by atoms with van der Waals surface area (Å²) in [5, 5.41) is 11.7. The summed E-state index contributed by atoms with van der Waals surface area (Å²) in [6.07, 6.45) is 1.55. The number of amides is 2. The van der Waals surface area contributed by atoms with Crippen molar-refractivity contribution >= 4 is 11.7 Å². The van der Waals surface area contributed by atoms with E-state index in [1.807, 2.05) is 31.2 Å². The lowest BCUT2D eigenvalue weighted by Gasteiger charge is -2.29. The third-order valence-corrected chi connectivity index (χ3v) is 3.27. The van der Waals surface area contributed by atoms with Crippen LogP contribution in [0.4, 0.5) is 10.5 Å². The summed E-state index contributed by atoms with van der Waals surface area (Å²) in [6.45, 7) is 3.34. The molecule has 0 atom stereocenters. The molecule has 1 N–H and O–H groups in total. The summed E-state index contributed by atoms with van der Waals surface area (Å²) >= 11 is 0. The highest BCUT2D eigenvalue weighted by Gasteiger charge is 2.22. The largest absolute Gasteiger partial charge is 0.324 e. The van der Waals surface area contributed by atoms with Gasteiger partial charge in [0.2, 0.25) is 0 Å². The Morgan fingerprint density at radius 1 is 1.33 bits per heavy atom. The Kier molecular flexibility index (Phi) is 3.83. The first-order valence-corrected chi connectivity index (χ1v) is 6.21. The van der Waals surface area contributed by atoms with Crippen LogP contribution in [0.2, 0.25) is 0 Å². The molecule has 2 rings (SSSR count). The number of carbonyl (C=O) groups is 1. The Balaban J connectivity index is 1.89. The van der Waals surface area contributed by atoms with Gasteiger partial charge in [-0.15, -0.1) is 0 Å². The van der Waals surface area contributed by atoms with Gasteiger partial charge in [0.05, 0.1) is 6.07 Å². The minimum absolute atomic E-state index is 0.0738. The number of aryl methyl sites for hydroxylation is 1. The van der Waals surface area contributed by atoms with Gasteiger partial charge >= 0.3 is 6.03 Å². The maximum Gasteiger partial charge on any atom is 0.321 e. The van der Waals surface area contributed by atoms with Crippen molar-refractivity contribution in [2.75, 3.05) is 18.4 Å². The molecule has 0 aliphatic carbocycles. The Morgan fingerprint density at radius 2 is 1.94 bits per heavy atom. The number of hydrogen-bond acceptors (Lipinski definition) is 2. The first kappa shape index (κ1) is 12.4. The van der Waals surface area contributed by atoms with E-state index >= 15 is 0 Å². The molecule has 2 amide bonds. The van der Waals surface area contributed by atoms with E-state index in [0.29, 0.717) is 13.1 Å². The number of benzene rings is 1. The van der Waals surface area contributed by atoms with Gasteiger partial charge in [0.1, 0.15) is 0 Å². The van der Waals surface area contributed by atoms with Gasteiger partial charge in [-0.2, -0.15) is 5.26 Å². The molecule has 4 heteroatoms. The molecule has 94 valence electrons. The van der Waals surface area contributed by atoms with Gasteiger partial charge in [0.25, 0.3) is 0 Å². The van der Waals surface area contributed by atoms with Crippen molar-refractivity contribution < 1.29 is 4.79 Å². The predicted octanol–water partition coefficient (Wildman–Crippen LogP) is 2.76. The smallest absolute Gasteiger partial charge is 0.321 e. The number of anilines is 1. The summed E-state index contributed by atoms with van der Waals surface area (Å²) in [5.41, 5.74) is 1.98. The van der Waals surface area contributed by atoms with Crippen LogP contribution in [0.3, 0.4) is 0 Å². The second-order valence-corrected chi connectivity index (χ2v) is 4.69. The molecule has 1 aromatic rings. The van der Waals surface area contributed by atoms with Crippen LogP contribution in [0.15, 0.2) is 24.3 Å². The van der Waals surface area contributed by atoms with Gasteiger partial charge < -0.3 is 10.2 Å². The molecule has 0 radical (unpaired) electrons. The molecule has 0 bridgehead atoms. The van der Waals surface area contributed by atoms with Crippen molar-refractivity contribution in [3.63, 3.8) is 0 Å². The standard InChI is InChI=1S/C14H17N3O/c1-11-2-4-13(5-3-11)16-14(18)17-8-6-12(10-15)7-9-17/h2-5,12H,6-9H2,1H3,(H,16,18). The van der Waals surface area contributed by atoms with Crippen LogP contribution in [0.1, 0.15) is 18.4 Å². The molecule has 1 heterocycles. The number of hydrogen-bond donors (Lipinski definition) is 1. The third-order valence-electron chi connectivity index (χ3n) is 3.27. The Labute approximate surface area is 107 Å². The highest BCUT2D eigenvalue weighted by molar-refractivity contribution is 5.89. The first-order chi connectivity index (χ1) is 8.69. The monoisotopic (exact) mass is 243 g/mol. The maximum atomic E-state index is 12.0. The van der Waals surface area contributed by atoms with E-state index in [9.17, 15) is 4.79 Å². The maximum absolute atomic E-state index is 12.0. The van der Waals surface area contributed by atoms with E-state index in [2.05, 4.69) is 11.4 Å². The topological polar surface area (TPSA) is 56.1 Å². The molecule has 18 heavy (non-hydrogen) atoms. The number of piperidine rings is 1. The molecule has 4 nitrogen and oxygen atoms in total. The summed E-state index contributed by atoms with van der Waals surface area (Å²) in [5.74, 6) is 0.105. The van der Waals surface area contributed by atoms with Crippen LogP contribution in [0.5, 0.6) is 0 Å². The second kappa shape index (κ2) is 5.54. The number of rotatable bonds is 1. The summed E-state index contributed by atoms with van der Waals surface area (Å²) in [6, 6.07) is 9.92. The van der Waals surface area contributed by atoms with Gasteiger partial charge in [-0.3, -0.25) is 0 Å². The zero-order chi connectivity index (χ0) is 13.0. The third kappa shape index (κ3) is 3.01. The molecule has 0 saturated carbocycles. The van der Waals surface area contributed by atoms with Crippen LogP contribution >= 0.6 is 0 Å². The van der Waals surface area contributed by atoms with E-state index < -0.39 is 0 Å². The van der Waals surface area contributed by atoms with Crippen molar-refractivity contribution in [1.29, 1.82) is 5.26 Å². The fraction of sp³-hybridized carbons (Fsp3) is 0.429. The zero-order valence-electron chi connectivity index (χ0n) is 10.5. The molecule has 1 aliphatic rings. The lowest BCUT2D eigenvalue weighted by molar-refractivity contribution is 0.192. The van der Waals surface area contributed by atoms with Crippen LogP contribution in [-0.4, -0.2) is 24.0 Å². The number of urea groups is 1. The highest BCUT2D eigenvalue weighted by Crippen LogP contribution is 2.17. The number of likely N-dealkylation sites (tertiary alicyclic amines) is 1. The van der Waals surface area contributed by atoms with Crippen LogP contribution < -0.4 is 5.32 Å². The molecule has 1 saturated heterocycles. The van der Waals surface area contributed by atoms with Crippen molar-refractivity contribution in [2.45, 2.75) is 19.8 Å². The first-order valence-electron chi connectivity index (χ1n) is 6.21. The summed E-state index contributed by atoms with van der Waals surface area (Å²) in [4.78, 5) is 13.8. The van der Waals surface area contributed by atoms with E-state index in [1.54, 1.807) is 4.90 Å². The van der Waals surface area contributed by atoms with Gasteiger partial charge in [-0.1, -0.05) is 17.7 Å². The predicted molar refractivity (Wildman–Crippen MR) is 70.1 cm³/mol. The molecule has 1 aromatic carbocycles. The molecular formula is C14H17N3O. The minimum atomic E-state index is -0.0738. The van der Waals surface area contributed by atoms with Gasteiger partial charge in [0.15, 0.2) is 0 Å². The van der Waals surface area contributed by atoms with Gasteiger partial charge in [0, 0.05) is 24.7 Å². The fourth-order valence-electron chi connectivity index (χ4n) is 2.05. The second-order valence-electron chi connectivity index (χ2n) is 4.69. The van der Waals surface area contributed by atoms with Gasteiger partial charge in [-0.25, -0.2) is 4.79 Å². The molecule has 1 aliphatic heterocycles. The Morgan fingerprint density at radius 3 is 2.50 bits per heavy atom. The molecule has 0 aromatic heterocycles. The SMILES string of the molecule is Cc1ccc(NC(=O)N2CCC(C#N)CC2)cc1. The number of nitrogens with one attached hydrogen (secondary N) is 1. The number of nitriles is 1. The molecule has 0 spiro atoms. The summed E-state index contributed by atoms with van der Waals surface area (Å²) < 4.78 is 0. The van der Waals surface area contributed by atoms with Crippen LogP contribution in [0.25, 0.3) is 0 Å². The van der Waals surface area contributed by atoms with Crippen molar-refractivity contribution in [3.8, 4) is 6.07 Å². The normalized spacial score (nSPS) is 16.1. The van der Waals surface area contributed by atoms with E-state index in [-0.39, 0.29) is 11.9 Å². The Bertz CT molecular complexity index is 453. The number of nitrogens with zero attached hydrogens (tertiary/aromatic N) is 2. The molecule has 0 unspecified atom stereocenters. The molecule has 1 fully saturated rings. The highest BCUT2D eigenvalue weighted by atomic mass is 16.2. The Hall–Kier alpha value is -2.02. The molecular weight excluding hydrogens is 226 g/mol. The van der Waals surface area contributed by atoms with Crippen LogP contribution in [-0.2, 0) is 0 Å². The van der Waals surface area contributed by atoms with E-state index in [1.165, 1.54) is 5.56 Å². The van der Waals surface area contributed by atoms with Crippen molar-refractivity contribution in [1.82, 2.24) is 4.90 Å². The van der Waals surface area contributed by atoms with Gasteiger partial charge in [-0.05, 0) is 31.9 Å². The number of carbonyl (C=O) groups excluding carboxylic acids is 1. The van der Waals surface area contributed by atoms with Crippen molar-refractivity contribution in [2.24, 2.45) is 5.92 Å². The van der Waals surface area contributed by atoms with Crippen LogP contribution in [0, 0.1) is 24.2 Å². The summed E-state index contributed by atoms with van der Waals surface area (Å²) in [7, 11) is 0. The zero-order valence-corrected chi connectivity index (χ0v) is 10.5. The average molecular weight is 243 g/mol. The van der Waals surface area contributed by atoms with E-state index in [0.717, 1.165) is 18.5 Å². The fourth-order valence-corrected chi connectivity index (χ4v) is 2.05. The quantitative estimate of drug-likeness (QED) is 0.824. The lowest BCUT2D eigenvalue weighted by Crippen LogP contribution is -2.40. The average Bonchev–Trinajstić information content (AvgIpc) is 2.41. The minimum Gasteiger partial charge on any atom is -0.324 e. The van der Waals surface area contributed by atoms with Crippen molar-refractivity contribution in [3.05, 3.63) is 29.8 Å². The lowest BCUT2D eigenvalue weighted by atomic mass is 9.99. The van der Waals surface area contributed by atoms with E-state index in [4.69, 9.17) is 5.26 Å².